The minimum absolute atomic E-state index is 0.390. The van der Waals surface area contributed by atoms with Crippen LogP contribution in [0.3, 0.4) is 0 Å². The van der Waals surface area contributed by atoms with E-state index in [1.165, 1.54) is 6.42 Å². The fraction of sp³-hybridized carbons (Fsp3) is 0.400. The van der Waals surface area contributed by atoms with Gasteiger partial charge in [0.1, 0.15) is 0 Å². The zero-order chi connectivity index (χ0) is 9.10. The predicted molar refractivity (Wildman–Crippen MR) is 49.6 cm³/mol. The van der Waals surface area contributed by atoms with Gasteiger partial charge in [0.15, 0.2) is 6.29 Å². The van der Waals surface area contributed by atoms with Crippen molar-refractivity contribution in [1.29, 1.82) is 0 Å². The van der Waals surface area contributed by atoms with Crippen molar-refractivity contribution in [1.82, 2.24) is 10.3 Å². The molecule has 0 spiro atoms. The van der Waals surface area contributed by atoms with Crippen molar-refractivity contribution < 1.29 is 4.79 Å². The number of nitrogens with zero attached hydrogens (tertiary/aromatic N) is 1. The highest BCUT2D eigenvalue weighted by Gasteiger charge is 2.16. The van der Waals surface area contributed by atoms with Crippen LogP contribution >= 0.6 is 0 Å². The van der Waals surface area contributed by atoms with Crippen molar-refractivity contribution in [3.63, 3.8) is 0 Å². The zero-order valence-corrected chi connectivity index (χ0v) is 7.36. The number of hydrogen-bond donors (Lipinski definition) is 1. The van der Waals surface area contributed by atoms with Gasteiger partial charge in [-0.2, -0.15) is 0 Å². The Morgan fingerprint density at radius 2 is 2.46 bits per heavy atom. The molecule has 1 atom stereocenters. The molecule has 68 valence electrons. The summed E-state index contributed by atoms with van der Waals surface area (Å²) in [5.74, 6) is 0. The Labute approximate surface area is 77.2 Å². The molecule has 0 radical (unpaired) electrons. The van der Waals surface area contributed by atoms with E-state index in [9.17, 15) is 4.79 Å². The van der Waals surface area contributed by atoms with Gasteiger partial charge in [0.05, 0.1) is 5.69 Å². The third-order valence-corrected chi connectivity index (χ3v) is 2.36. The topological polar surface area (TPSA) is 42.0 Å². The molecule has 3 nitrogen and oxygen atoms in total. The van der Waals surface area contributed by atoms with Gasteiger partial charge in [0.25, 0.3) is 0 Å². The van der Waals surface area contributed by atoms with E-state index in [0.717, 1.165) is 24.9 Å². The molecule has 1 N–H and O–H groups in total. The van der Waals surface area contributed by atoms with Crippen LogP contribution in [0, 0.1) is 0 Å². The highest BCUT2D eigenvalue weighted by Crippen LogP contribution is 2.20. The van der Waals surface area contributed by atoms with Crippen LogP contribution < -0.4 is 5.32 Å². The van der Waals surface area contributed by atoms with Gasteiger partial charge in [-0.05, 0) is 31.5 Å². The van der Waals surface area contributed by atoms with Crippen molar-refractivity contribution in [2.24, 2.45) is 0 Å². The van der Waals surface area contributed by atoms with Crippen molar-refractivity contribution in [2.75, 3.05) is 6.54 Å². The summed E-state index contributed by atoms with van der Waals surface area (Å²) in [6.07, 6.45) is 4.80. The lowest BCUT2D eigenvalue weighted by atomic mass is 10.1. The minimum atomic E-state index is 0.390. The first-order chi connectivity index (χ1) is 6.40. The summed E-state index contributed by atoms with van der Waals surface area (Å²) in [6.45, 7) is 1.07. The molecular formula is C10H12N2O. The van der Waals surface area contributed by atoms with Gasteiger partial charge in [0, 0.05) is 17.8 Å². The Hall–Kier alpha value is -1.22. The Morgan fingerprint density at radius 3 is 3.00 bits per heavy atom. The van der Waals surface area contributed by atoms with Crippen molar-refractivity contribution in [2.45, 2.75) is 18.9 Å². The Kier molecular flexibility index (Phi) is 2.36. The Morgan fingerprint density at radius 1 is 1.54 bits per heavy atom. The van der Waals surface area contributed by atoms with Gasteiger partial charge in [-0.1, -0.05) is 0 Å². The quantitative estimate of drug-likeness (QED) is 0.691. The van der Waals surface area contributed by atoms with E-state index in [2.05, 4.69) is 10.3 Å². The average molecular weight is 176 g/mol. The second-order valence-corrected chi connectivity index (χ2v) is 3.28. The highest BCUT2D eigenvalue weighted by molar-refractivity contribution is 5.73. The third kappa shape index (κ3) is 1.75. The van der Waals surface area contributed by atoms with Crippen LogP contribution in [0.25, 0.3) is 0 Å². The highest BCUT2D eigenvalue weighted by atomic mass is 16.1. The lowest BCUT2D eigenvalue weighted by molar-refractivity contribution is 0.112. The molecule has 0 saturated carbocycles. The van der Waals surface area contributed by atoms with Gasteiger partial charge in [-0.15, -0.1) is 0 Å². The molecule has 1 unspecified atom stereocenters. The Bertz CT molecular complexity index is 288. The second kappa shape index (κ2) is 3.66. The van der Waals surface area contributed by atoms with Crippen molar-refractivity contribution in [3.8, 4) is 0 Å². The fourth-order valence-corrected chi connectivity index (χ4v) is 1.63. The van der Waals surface area contributed by atoms with Gasteiger partial charge in [-0.25, -0.2) is 0 Å². The molecule has 1 saturated heterocycles. The average Bonchev–Trinajstić information content (AvgIpc) is 2.71. The number of aromatic nitrogens is 1. The van der Waals surface area contributed by atoms with Gasteiger partial charge >= 0.3 is 0 Å². The molecule has 13 heavy (non-hydrogen) atoms. The van der Waals surface area contributed by atoms with E-state index in [0.29, 0.717) is 11.6 Å². The first-order valence-corrected chi connectivity index (χ1v) is 4.54. The molecule has 2 rings (SSSR count). The molecule has 0 aliphatic carbocycles. The van der Waals surface area contributed by atoms with Crippen molar-refractivity contribution >= 4 is 6.29 Å². The largest absolute Gasteiger partial charge is 0.309 e. The Balaban J connectivity index is 2.16. The smallest absolute Gasteiger partial charge is 0.151 e. The first kappa shape index (κ1) is 8.38. The van der Waals surface area contributed by atoms with E-state index in [1.54, 1.807) is 6.20 Å². The fourth-order valence-electron chi connectivity index (χ4n) is 1.63. The van der Waals surface area contributed by atoms with Crippen LogP contribution in [0.5, 0.6) is 0 Å². The van der Waals surface area contributed by atoms with Gasteiger partial charge in [-0.3, -0.25) is 9.78 Å². The van der Waals surface area contributed by atoms with Crippen LogP contribution in [0.4, 0.5) is 0 Å². The number of pyridine rings is 1. The summed E-state index contributed by atoms with van der Waals surface area (Å²) in [5, 5.41) is 3.36. The van der Waals surface area contributed by atoms with Crippen molar-refractivity contribution in [3.05, 3.63) is 29.6 Å². The van der Waals surface area contributed by atoms with Crippen LogP contribution in [0.2, 0.25) is 0 Å². The summed E-state index contributed by atoms with van der Waals surface area (Å²) < 4.78 is 0. The number of carbonyl (C=O) groups excluding carboxylic acids is 1. The van der Waals surface area contributed by atoms with E-state index < -0.39 is 0 Å². The monoisotopic (exact) mass is 176 g/mol. The molecular weight excluding hydrogens is 164 g/mol. The number of nitrogens with one attached hydrogen (secondary N) is 1. The standard InChI is InChI=1S/C10H12N2O/c13-7-8-3-4-10(12-6-8)9-2-1-5-11-9/h3-4,6-7,9,11H,1-2,5H2. The second-order valence-electron chi connectivity index (χ2n) is 3.28. The molecule has 0 aromatic carbocycles. The maximum atomic E-state index is 10.4. The maximum Gasteiger partial charge on any atom is 0.151 e. The SMILES string of the molecule is O=Cc1ccc(C2CCCN2)nc1. The molecule has 1 aliphatic heterocycles. The van der Waals surface area contributed by atoms with Crippen LogP contribution in [0.1, 0.15) is 34.9 Å². The maximum absolute atomic E-state index is 10.4. The van der Waals surface area contributed by atoms with E-state index in [-0.39, 0.29) is 0 Å². The van der Waals surface area contributed by atoms with E-state index in [4.69, 9.17) is 0 Å². The summed E-state index contributed by atoms with van der Waals surface area (Å²) in [7, 11) is 0. The number of aldehydes is 1. The third-order valence-electron chi connectivity index (χ3n) is 2.36. The van der Waals surface area contributed by atoms with Crippen LogP contribution in [-0.4, -0.2) is 17.8 Å². The molecule has 3 heteroatoms. The molecule has 1 aliphatic rings. The molecule has 2 heterocycles. The summed E-state index contributed by atoms with van der Waals surface area (Å²) in [5.41, 5.74) is 1.69. The van der Waals surface area contributed by atoms with Crippen LogP contribution in [0.15, 0.2) is 18.3 Å². The zero-order valence-electron chi connectivity index (χ0n) is 7.36. The molecule has 1 aromatic rings. The lowest BCUT2D eigenvalue weighted by Gasteiger charge is -2.08. The lowest BCUT2D eigenvalue weighted by Crippen LogP contribution is -2.14. The molecule has 0 amide bonds. The molecule has 1 fully saturated rings. The first-order valence-electron chi connectivity index (χ1n) is 4.54. The number of rotatable bonds is 2. The molecule has 0 bridgehead atoms. The normalized spacial score (nSPS) is 21.7. The minimum Gasteiger partial charge on any atom is -0.309 e. The summed E-state index contributed by atoms with van der Waals surface area (Å²) in [6, 6.07) is 4.13. The van der Waals surface area contributed by atoms with Crippen LogP contribution in [-0.2, 0) is 0 Å². The van der Waals surface area contributed by atoms with Gasteiger partial charge < -0.3 is 5.32 Å². The number of hydrogen-bond acceptors (Lipinski definition) is 3. The number of carbonyl (C=O) groups is 1. The van der Waals surface area contributed by atoms with E-state index >= 15 is 0 Å². The van der Waals surface area contributed by atoms with E-state index in [1.807, 2.05) is 12.1 Å². The van der Waals surface area contributed by atoms with Gasteiger partial charge in [0.2, 0.25) is 0 Å². The summed E-state index contributed by atoms with van der Waals surface area (Å²) in [4.78, 5) is 14.6. The predicted octanol–water partition coefficient (Wildman–Crippen LogP) is 1.32. The molecule has 1 aromatic heterocycles. The summed E-state index contributed by atoms with van der Waals surface area (Å²) >= 11 is 0.